The quantitative estimate of drug-likeness (QED) is 0.692. The van der Waals surface area contributed by atoms with Gasteiger partial charge in [0.05, 0.1) is 20.3 Å². The summed E-state index contributed by atoms with van der Waals surface area (Å²) in [5, 5.41) is 6.77. The molecule has 0 aliphatic heterocycles. The second-order valence-corrected chi connectivity index (χ2v) is 6.13. The van der Waals surface area contributed by atoms with Crippen LogP contribution >= 0.6 is 0 Å². The molecular formula is C19H27N3O4. The van der Waals surface area contributed by atoms with E-state index in [-0.39, 0.29) is 6.03 Å². The number of amides is 2. The van der Waals surface area contributed by atoms with Gasteiger partial charge in [-0.1, -0.05) is 24.6 Å². The first kappa shape index (κ1) is 19.6. The van der Waals surface area contributed by atoms with E-state index in [0.29, 0.717) is 25.4 Å². The summed E-state index contributed by atoms with van der Waals surface area (Å²) in [6, 6.07) is 7.30. The Kier molecular flexibility index (Phi) is 7.32. The summed E-state index contributed by atoms with van der Waals surface area (Å²) in [5.74, 6) is 2.11. The highest BCUT2D eigenvalue weighted by Gasteiger charge is 2.12. The van der Waals surface area contributed by atoms with Gasteiger partial charge in [0.25, 0.3) is 0 Å². The maximum absolute atomic E-state index is 12.2. The van der Waals surface area contributed by atoms with Gasteiger partial charge in [-0.15, -0.1) is 0 Å². The molecular weight excluding hydrogens is 334 g/mol. The molecule has 2 aromatic rings. The summed E-state index contributed by atoms with van der Waals surface area (Å²) in [6.45, 7) is 5.38. The molecule has 1 aromatic carbocycles. The second kappa shape index (κ2) is 9.70. The predicted molar refractivity (Wildman–Crippen MR) is 98.3 cm³/mol. The number of carbonyl (C=O) groups is 1. The van der Waals surface area contributed by atoms with Crippen LogP contribution in [0.15, 0.2) is 28.8 Å². The van der Waals surface area contributed by atoms with Crippen molar-refractivity contribution in [3.63, 3.8) is 0 Å². The number of carbonyl (C=O) groups excluding carboxylic acids is 1. The smallest absolute Gasteiger partial charge is 0.317 e. The molecule has 0 unspecified atom stereocenters. The Bertz CT molecular complexity index is 715. The molecule has 0 fully saturated rings. The van der Waals surface area contributed by atoms with Crippen LogP contribution in [-0.4, -0.2) is 36.9 Å². The fourth-order valence-electron chi connectivity index (χ4n) is 2.39. The lowest BCUT2D eigenvalue weighted by molar-refractivity contribution is 0.205. The number of urea groups is 1. The molecule has 0 saturated heterocycles. The topological polar surface area (TPSA) is 76.8 Å². The number of aryl methyl sites for hydroxylation is 1. The van der Waals surface area contributed by atoms with Gasteiger partial charge in [0.2, 0.25) is 0 Å². The summed E-state index contributed by atoms with van der Waals surface area (Å²) in [5.41, 5.74) is 1.65. The summed E-state index contributed by atoms with van der Waals surface area (Å²) in [4.78, 5) is 13.8. The van der Waals surface area contributed by atoms with Crippen LogP contribution in [0.4, 0.5) is 4.79 Å². The van der Waals surface area contributed by atoms with E-state index in [1.165, 1.54) is 0 Å². The third kappa shape index (κ3) is 5.68. The van der Waals surface area contributed by atoms with Gasteiger partial charge in [-0.25, -0.2) is 4.79 Å². The minimum absolute atomic E-state index is 0.187. The number of unbranched alkanes of at least 4 members (excludes halogenated alkanes) is 1. The molecule has 2 amide bonds. The SMILES string of the molecule is CCCCOc1ccc(CNC(=O)N(C)Cc2cc(C)on2)cc1OC. The van der Waals surface area contributed by atoms with E-state index >= 15 is 0 Å². The molecule has 0 radical (unpaired) electrons. The lowest BCUT2D eigenvalue weighted by Crippen LogP contribution is -2.36. The van der Waals surface area contributed by atoms with Crippen molar-refractivity contribution in [2.45, 2.75) is 39.8 Å². The minimum Gasteiger partial charge on any atom is -0.493 e. The summed E-state index contributed by atoms with van der Waals surface area (Å²) in [7, 11) is 3.32. The van der Waals surface area contributed by atoms with E-state index < -0.39 is 0 Å². The number of benzene rings is 1. The van der Waals surface area contributed by atoms with Crippen molar-refractivity contribution < 1.29 is 18.8 Å². The maximum atomic E-state index is 12.2. The van der Waals surface area contributed by atoms with Crippen LogP contribution in [0, 0.1) is 6.92 Å². The Morgan fingerprint density at radius 3 is 2.77 bits per heavy atom. The van der Waals surface area contributed by atoms with Gasteiger partial charge in [0, 0.05) is 19.7 Å². The van der Waals surface area contributed by atoms with Crippen LogP contribution in [0.3, 0.4) is 0 Å². The Balaban J connectivity index is 1.88. The zero-order chi connectivity index (χ0) is 18.9. The Hall–Kier alpha value is -2.70. The number of ether oxygens (including phenoxy) is 2. The monoisotopic (exact) mass is 361 g/mol. The minimum atomic E-state index is -0.187. The van der Waals surface area contributed by atoms with E-state index in [4.69, 9.17) is 14.0 Å². The van der Waals surface area contributed by atoms with Crippen LogP contribution in [0.1, 0.15) is 36.8 Å². The third-order valence-corrected chi connectivity index (χ3v) is 3.85. The molecule has 0 spiro atoms. The van der Waals surface area contributed by atoms with Crippen molar-refractivity contribution in [3.05, 3.63) is 41.3 Å². The van der Waals surface area contributed by atoms with Gasteiger partial charge in [0.15, 0.2) is 11.5 Å². The van der Waals surface area contributed by atoms with Crippen molar-refractivity contribution in [1.29, 1.82) is 0 Å². The average molecular weight is 361 g/mol. The van der Waals surface area contributed by atoms with Crippen LogP contribution in [0.2, 0.25) is 0 Å². The van der Waals surface area contributed by atoms with Crippen molar-refractivity contribution in [2.75, 3.05) is 20.8 Å². The number of methoxy groups -OCH3 is 1. The van der Waals surface area contributed by atoms with Gasteiger partial charge >= 0.3 is 6.03 Å². The van der Waals surface area contributed by atoms with Crippen LogP contribution in [-0.2, 0) is 13.1 Å². The van der Waals surface area contributed by atoms with Crippen molar-refractivity contribution >= 4 is 6.03 Å². The van der Waals surface area contributed by atoms with Gasteiger partial charge in [-0.05, 0) is 31.0 Å². The first-order chi connectivity index (χ1) is 12.5. The van der Waals surface area contributed by atoms with Gasteiger partial charge in [0.1, 0.15) is 11.5 Å². The summed E-state index contributed by atoms with van der Waals surface area (Å²) in [6.07, 6.45) is 2.08. The first-order valence-corrected chi connectivity index (χ1v) is 8.74. The Morgan fingerprint density at radius 2 is 2.12 bits per heavy atom. The number of nitrogens with zero attached hydrogens (tertiary/aromatic N) is 2. The van der Waals surface area contributed by atoms with E-state index in [1.54, 1.807) is 19.1 Å². The average Bonchev–Trinajstić information content (AvgIpc) is 3.05. The molecule has 142 valence electrons. The molecule has 26 heavy (non-hydrogen) atoms. The Labute approximate surface area is 154 Å². The number of hydrogen-bond acceptors (Lipinski definition) is 5. The van der Waals surface area contributed by atoms with E-state index in [0.717, 1.165) is 35.6 Å². The van der Waals surface area contributed by atoms with Crippen molar-refractivity contribution in [1.82, 2.24) is 15.4 Å². The van der Waals surface area contributed by atoms with Crippen LogP contribution < -0.4 is 14.8 Å². The molecule has 7 nitrogen and oxygen atoms in total. The van der Waals surface area contributed by atoms with Gasteiger partial charge in [-0.3, -0.25) is 0 Å². The van der Waals surface area contributed by atoms with Crippen molar-refractivity contribution in [2.24, 2.45) is 0 Å². The molecule has 0 aliphatic rings. The van der Waals surface area contributed by atoms with Crippen LogP contribution in [0.5, 0.6) is 11.5 Å². The highest BCUT2D eigenvalue weighted by atomic mass is 16.5. The van der Waals surface area contributed by atoms with Crippen LogP contribution in [0.25, 0.3) is 0 Å². The lowest BCUT2D eigenvalue weighted by Gasteiger charge is -2.17. The first-order valence-electron chi connectivity index (χ1n) is 8.74. The van der Waals surface area contributed by atoms with Gasteiger partial charge < -0.3 is 24.2 Å². The van der Waals surface area contributed by atoms with E-state index in [9.17, 15) is 4.79 Å². The number of hydrogen-bond donors (Lipinski definition) is 1. The van der Waals surface area contributed by atoms with E-state index in [1.807, 2.05) is 31.2 Å². The fraction of sp³-hybridized carbons (Fsp3) is 0.474. The normalized spacial score (nSPS) is 10.5. The van der Waals surface area contributed by atoms with Crippen molar-refractivity contribution in [3.8, 4) is 11.5 Å². The second-order valence-electron chi connectivity index (χ2n) is 6.13. The maximum Gasteiger partial charge on any atom is 0.317 e. The summed E-state index contributed by atoms with van der Waals surface area (Å²) >= 11 is 0. The molecule has 0 saturated carbocycles. The van der Waals surface area contributed by atoms with E-state index in [2.05, 4.69) is 17.4 Å². The Morgan fingerprint density at radius 1 is 1.31 bits per heavy atom. The van der Waals surface area contributed by atoms with Gasteiger partial charge in [-0.2, -0.15) is 0 Å². The molecule has 0 aliphatic carbocycles. The molecule has 0 atom stereocenters. The molecule has 1 aromatic heterocycles. The molecule has 2 rings (SSSR count). The molecule has 1 heterocycles. The molecule has 7 heteroatoms. The fourth-order valence-corrected chi connectivity index (χ4v) is 2.39. The number of aromatic nitrogens is 1. The highest BCUT2D eigenvalue weighted by Crippen LogP contribution is 2.28. The predicted octanol–water partition coefficient (Wildman–Crippen LogP) is 3.51. The highest BCUT2D eigenvalue weighted by molar-refractivity contribution is 5.73. The molecule has 0 bridgehead atoms. The standard InChI is InChI=1S/C19H27N3O4/c1-5-6-9-25-17-8-7-15(11-18(17)24-4)12-20-19(23)22(3)13-16-10-14(2)26-21-16/h7-8,10-11H,5-6,9,12-13H2,1-4H3,(H,20,23). The zero-order valence-corrected chi connectivity index (χ0v) is 15.9. The third-order valence-electron chi connectivity index (χ3n) is 3.85. The zero-order valence-electron chi connectivity index (χ0n) is 15.9. The summed E-state index contributed by atoms with van der Waals surface area (Å²) < 4.78 is 16.1. The number of nitrogens with one attached hydrogen (secondary N) is 1. The largest absolute Gasteiger partial charge is 0.493 e. The lowest BCUT2D eigenvalue weighted by atomic mass is 10.2. The number of rotatable bonds is 9. The molecule has 1 N–H and O–H groups in total.